The number of nitrogens with zero attached hydrogens (tertiary/aromatic N) is 8. The zero-order valence-electron chi connectivity index (χ0n) is 24.4. The minimum absolute atomic E-state index is 0.176. The van der Waals surface area contributed by atoms with Gasteiger partial charge in [-0.1, -0.05) is 5.16 Å². The Balaban J connectivity index is 1.21. The van der Waals surface area contributed by atoms with E-state index in [-0.39, 0.29) is 17.0 Å². The summed E-state index contributed by atoms with van der Waals surface area (Å²) < 4.78 is 20.8. The van der Waals surface area contributed by atoms with Gasteiger partial charge in [-0.3, -0.25) is 4.90 Å². The number of halogens is 1. The van der Waals surface area contributed by atoms with Crippen LogP contribution in [0.15, 0.2) is 5.16 Å². The first-order valence-electron chi connectivity index (χ1n) is 15.1. The minimum Gasteiger partial charge on any atom is -0.461 e. The average molecular weight is 606 g/mol. The van der Waals surface area contributed by atoms with E-state index < -0.39 is 6.17 Å². The molecule has 13 heteroatoms. The number of nitriles is 2. The average Bonchev–Trinajstić information content (AvgIpc) is 3.65. The maximum absolute atomic E-state index is 14.5. The van der Waals surface area contributed by atoms with Crippen molar-refractivity contribution in [2.75, 3.05) is 68.5 Å². The molecule has 7 rings (SSSR count). The molecule has 0 bridgehead atoms. The first kappa shape index (κ1) is 28.1. The smallest absolute Gasteiger partial charge is 0.320 e. The lowest BCUT2D eigenvalue weighted by molar-refractivity contribution is 0.107. The Hall–Kier alpha value is -3.68. The second-order valence-corrected chi connectivity index (χ2v) is 13.7. The number of hydrogen-bond acceptors (Lipinski definition) is 12. The first-order valence-corrected chi connectivity index (χ1v) is 15.9. The number of ether oxygens (including phenoxy) is 1. The van der Waals surface area contributed by atoms with Gasteiger partial charge in [0.2, 0.25) is 0 Å². The van der Waals surface area contributed by atoms with E-state index in [0.29, 0.717) is 79.9 Å². The summed E-state index contributed by atoms with van der Waals surface area (Å²) in [5.74, 6) is 1.11. The van der Waals surface area contributed by atoms with Crippen LogP contribution in [0.2, 0.25) is 0 Å². The van der Waals surface area contributed by atoms with Gasteiger partial charge in [0.25, 0.3) is 0 Å². The first-order chi connectivity index (χ1) is 20.9. The largest absolute Gasteiger partial charge is 0.461 e. The maximum Gasteiger partial charge on any atom is 0.320 e. The Labute approximate surface area is 254 Å². The van der Waals surface area contributed by atoms with E-state index in [0.717, 1.165) is 56.3 Å². The van der Waals surface area contributed by atoms with Crippen molar-refractivity contribution in [3.05, 3.63) is 21.6 Å². The van der Waals surface area contributed by atoms with Crippen molar-refractivity contribution >= 4 is 33.7 Å². The second kappa shape index (κ2) is 10.8. The Morgan fingerprint density at radius 3 is 2.60 bits per heavy atom. The van der Waals surface area contributed by atoms with E-state index in [1.807, 2.05) is 0 Å². The third-order valence-electron chi connectivity index (χ3n) is 10.0. The summed E-state index contributed by atoms with van der Waals surface area (Å²) in [6.45, 7) is 4.27. The fourth-order valence-electron chi connectivity index (χ4n) is 8.07. The molecule has 0 aromatic carbocycles. The summed E-state index contributed by atoms with van der Waals surface area (Å²) in [7, 11) is 1.56. The summed E-state index contributed by atoms with van der Waals surface area (Å²) in [6.07, 6.45) is 5.74. The minimum atomic E-state index is -0.852. The summed E-state index contributed by atoms with van der Waals surface area (Å²) in [5.41, 5.74) is 8.78. The van der Waals surface area contributed by atoms with Crippen LogP contribution in [-0.4, -0.2) is 85.3 Å². The van der Waals surface area contributed by atoms with Crippen molar-refractivity contribution in [1.82, 2.24) is 14.9 Å². The van der Waals surface area contributed by atoms with Gasteiger partial charge in [0.1, 0.15) is 42.6 Å². The van der Waals surface area contributed by atoms with E-state index >= 15 is 0 Å². The second-order valence-electron chi connectivity index (χ2n) is 12.6. The van der Waals surface area contributed by atoms with E-state index in [4.69, 9.17) is 25.3 Å². The molecule has 1 spiro atoms. The standard InChI is InChI=1S/C30H36FN9O2S/c1-41-37-20-4-2-9-38(11-6-20)26-22(14-33)27(36-28(35-26)42-18-30-7-3-10-40(30)15-19(31)12-30)39-16-29(17-39)8-5-23-24(29)21(13-32)25(34)43-23/h19H,2-12,15-18,34H2,1H3/b37-20-/t19-,30+/m1/s1. The predicted octanol–water partition coefficient (Wildman–Crippen LogP) is 3.52. The molecule has 1 aliphatic carbocycles. The van der Waals surface area contributed by atoms with Gasteiger partial charge in [-0.15, -0.1) is 11.3 Å². The van der Waals surface area contributed by atoms with Crippen LogP contribution in [0.4, 0.5) is 21.0 Å². The maximum atomic E-state index is 14.5. The fourth-order valence-corrected chi connectivity index (χ4v) is 9.21. The highest BCUT2D eigenvalue weighted by Gasteiger charge is 2.53. The van der Waals surface area contributed by atoms with E-state index in [9.17, 15) is 14.9 Å². The normalized spacial score (nSPS) is 27.0. The molecule has 2 atom stereocenters. The number of thiophene rings is 1. The van der Waals surface area contributed by atoms with Gasteiger partial charge >= 0.3 is 6.01 Å². The van der Waals surface area contributed by atoms with Gasteiger partial charge in [-0.25, -0.2) is 4.39 Å². The molecule has 226 valence electrons. The SMILES string of the molecule is CO/N=C1/CCCN(c2nc(OC[C@@]34CCCN3C[C@H](F)C4)nc(N3CC4(CCc5sc(N)c(C#N)c54)C3)c2C#N)CC1. The number of fused-ring (bicyclic) bond motifs is 3. The van der Waals surface area contributed by atoms with Crippen LogP contribution in [-0.2, 0) is 16.7 Å². The molecule has 2 aromatic rings. The zero-order valence-corrected chi connectivity index (χ0v) is 25.3. The third kappa shape index (κ3) is 4.64. The van der Waals surface area contributed by atoms with Gasteiger partial charge in [-0.05, 0) is 50.6 Å². The zero-order chi connectivity index (χ0) is 29.8. The highest BCUT2D eigenvalue weighted by molar-refractivity contribution is 7.16. The molecule has 4 fully saturated rings. The molecule has 11 nitrogen and oxygen atoms in total. The van der Waals surface area contributed by atoms with Crippen molar-refractivity contribution < 1.29 is 14.0 Å². The van der Waals surface area contributed by atoms with Crippen LogP contribution < -0.4 is 20.3 Å². The van der Waals surface area contributed by atoms with Crippen LogP contribution in [0.3, 0.4) is 0 Å². The number of aryl methyl sites for hydroxylation is 1. The van der Waals surface area contributed by atoms with Gasteiger partial charge in [0.15, 0.2) is 11.6 Å². The lowest BCUT2D eigenvalue weighted by Crippen LogP contribution is -2.59. The molecule has 2 N–H and O–H groups in total. The van der Waals surface area contributed by atoms with Crippen LogP contribution >= 0.6 is 11.3 Å². The lowest BCUT2D eigenvalue weighted by atomic mass is 9.74. The van der Waals surface area contributed by atoms with Gasteiger partial charge in [0, 0.05) is 55.9 Å². The molecule has 0 unspecified atom stereocenters. The third-order valence-corrected chi connectivity index (χ3v) is 11.1. The quantitative estimate of drug-likeness (QED) is 0.487. The molecular formula is C30H36FN9O2S. The Kier molecular flexibility index (Phi) is 7.06. The number of nitrogen functional groups attached to an aromatic ring is 1. The van der Waals surface area contributed by atoms with Crippen molar-refractivity contribution in [1.29, 1.82) is 10.5 Å². The lowest BCUT2D eigenvalue weighted by Gasteiger charge is -2.49. The fraction of sp³-hybridized carbons (Fsp3) is 0.633. The Morgan fingerprint density at radius 1 is 1.05 bits per heavy atom. The molecule has 0 saturated carbocycles. The highest BCUT2D eigenvalue weighted by atomic mass is 32.1. The molecule has 6 heterocycles. The molecule has 4 saturated heterocycles. The van der Waals surface area contributed by atoms with E-state index in [1.54, 1.807) is 7.11 Å². The van der Waals surface area contributed by atoms with Crippen molar-refractivity contribution in [3.63, 3.8) is 0 Å². The molecule has 4 aliphatic heterocycles. The van der Waals surface area contributed by atoms with Gasteiger partial charge in [0.05, 0.1) is 16.8 Å². The van der Waals surface area contributed by atoms with Crippen LogP contribution in [0.1, 0.15) is 66.5 Å². The molecular weight excluding hydrogens is 569 g/mol. The molecule has 0 amide bonds. The molecule has 5 aliphatic rings. The number of hydrogen-bond donors (Lipinski definition) is 1. The number of oxime groups is 1. The van der Waals surface area contributed by atoms with Crippen LogP contribution in [0.25, 0.3) is 0 Å². The Morgan fingerprint density at radius 2 is 1.84 bits per heavy atom. The number of alkyl halides is 1. The van der Waals surface area contributed by atoms with Gasteiger partial charge in [-0.2, -0.15) is 20.5 Å². The number of rotatable bonds is 6. The predicted molar refractivity (Wildman–Crippen MR) is 161 cm³/mol. The number of nitrogens with two attached hydrogens (primary N) is 1. The number of aromatic nitrogens is 2. The Bertz CT molecular complexity index is 1540. The summed E-state index contributed by atoms with van der Waals surface area (Å²) in [5, 5.41) is 25.1. The highest BCUT2D eigenvalue weighted by Crippen LogP contribution is 2.53. The van der Waals surface area contributed by atoms with Crippen LogP contribution in [0, 0.1) is 22.7 Å². The summed E-state index contributed by atoms with van der Waals surface area (Å²) >= 11 is 1.52. The number of anilines is 3. The summed E-state index contributed by atoms with van der Waals surface area (Å²) in [6, 6.07) is 4.96. The van der Waals surface area contributed by atoms with E-state index in [1.165, 1.54) is 16.2 Å². The summed E-state index contributed by atoms with van der Waals surface area (Å²) in [4.78, 5) is 22.3. The molecule has 0 radical (unpaired) electrons. The van der Waals surface area contributed by atoms with Crippen molar-refractivity contribution in [2.24, 2.45) is 5.16 Å². The van der Waals surface area contributed by atoms with E-state index in [2.05, 4.69) is 32.0 Å². The van der Waals surface area contributed by atoms with Crippen LogP contribution in [0.5, 0.6) is 6.01 Å². The molecule has 2 aromatic heterocycles. The topological polar surface area (TPSA) is 140 Å². The van der Waals surface area contributed by atoms with Crippen molar-refractivity contribution in [2.45, 2.75) is 68.5 Å². The van der Waals surface area contributed by atoms with Crippen molar-refractivity contribution in [3.8, 4) is 18.1 Å². The monoisotopic (exact) mass is 605 g/mol. The van der Waals surface area contributed by atoms with Gasteiger partial charge < -0.3 is 25.1 Å². The molecule has 43 heavy (non-hydrogen) atoms.